The van der Waals surface area contributed by atoms with E-state index in [0.717, 1.165) is 10.9 Å². The van der Waals surface area contributed by atoms with E-state index < -0.39 is 6.10 Å². The van der Waals surface area contributed by atoms with E-state index in [0.29, 0.717) is 11.7 Å². The number of rotatable bonds is 4. The molecule has 1 aromatic heterocycles. The van der Waals surface area contributed by atoms with Crippen LogP contribution in [0, 0.1) is 5.41 Å². The minimum atomic E-state index is -0.597. The van der Waals surface area contributed by atoms with Gasteiger partial charge in [0, 0.05) is 29.9 Å². The first-order chi connectivity index (χ1) is 10.7. The van der Waals surface area contributed by atoms with Crippen LogP contribution < -0.4 is 10.6 Å². The number of nitrogens with zero attached hydrogens (tertiary/aromatic N) is 2. The van der Waals surface area contributed by atoms with Crippen LogP contribution in [0.3, 0.4) is 0 Å². The Morgan fingerprint density at radius 2 is 2.04 bits per heavy atom. The average Bonchev–Trinajstić information content (AvgIpc) is 2.87. The van der Waals surface area contributed by atoms with Gasteiger partial charge in [-0.25, -0.2) is 4.79 Å². The molecule has 0 radical (unpaired) electrons. The summed E-state index contributed by atoms with van der Waals surface area (Å²) in [6.07, 6.45) is 1.37. The highest BCUT2D eigenvalue weighted by atomic mass is 16.3. The summed E-state index contributed by atoms with van der Waals surface area (Å²) < 4.78 is 1.90. The van der Waals surface area contributed by atoms with Gasteiger partial charge in [-0.05, 0) is 37.5 Å². The molecule has 1 atom stereocenters. The Labute approximate surface area is 136 Å². The smallest absolute Gasteiger partial charge is 0.319 e. The molecule has 0 spiro atoms. The van der Waals surface area contributed by atoms with Crippen LogP contribution in [0.15, 0.2) is 24.4 Å². The Morgan fingerprint density at radius 1 is 1.35 bits per heavy atom. The van der Waals surface area contributed by atoms with Crippen molar-refractivity contribution in [3.05, 3.63) is 24.4 Å². The van der Waals surface area contributed by atoms with E-state index in [1.165, 1.54) is 0 Å². The number of amides is 2. The van der Waals surface area contributed by atoms with Crippen LogP contribution in [-0.4, -0.2) is 33.6 Å². The van der Waals surface area contributed by atoms with E-state index in [2.05, 4.69) is 29.6 Å². The summed E-state index contributed by atoms with van der Waals surface area (Å²) in [5.41, 5.74) is 1.33. The van der Waals surface area contributed by atoms with Crippen molar-refractivity contribution in [1.29, 1.82) is 0 Å². The van der Waals surface area contributed by atoms with Crippen molar-refractivity contribution in [3.63, 3.8) is 0 Å². The zero-order chi connectivity index (χ0) is 17.2. The van der Waals surface area contributed by atoms with Crippen LogP contribution in [0.1, 0.15) is 40.7 Å². The van der Waals surface area contributed by atoms with Gasteiger partial charge >= 0.3 is 6.03 Å². The number of fused-ring (bicyclic) bond motifs is 1. The lowest BCUT2D eigenvalue weighted by molar-refractivity contribution is 0.0654. The standard InChI is InChI=1S/C17H26N4O2/c1-11(2)21-10-12-8-13(6-7-14(12)20-21)19-16(23)18-9-15(22)17(3,4)5/h6-8,10-11,15,22H,9H2,1-5H3,(H2,18,19,23). The molecule has 0 saturated heterocycles. The average molecular weight is 318 g/mol. The number of carbonyl (C=O) groups excluding carboxylic acids is 1. The lowest BCUT2D eigenvalue weighted by Gasteiger charge is -2.25. The van der Waals surface area contributed by atoms with E-state index in [-0.39, 0.29) is 18.0 Å². The molecule has 2 rings (SSSR count). The Hall–Kier alpha value is -2.08. The highest BCUT2D eigenvalue weighted by Crippen LogP contribution is 2.20. The van der Waals surface area contributed by atoms with Gasteiger partial charge in [0.15, 0.2) is 0 Å². The maximum atomic E-state index is 11.9. The van der Waals surface area contributed by atoms with Gasteiger partial charge in [0.2, 0.25) is 0 Å². The van der Waals surface area contributed by atoms with Gasteiger partial charge in [0.05, 0.1) is 11.6 Å². The fourth-order valence-corrected chi connectivity index (χ4v) is 2.06. The Morgan fingerprint density at radius 3 is 2.65 bits per heavy atom. The van der Waals surface area contributed by atoms with Gasteiger partial charge in [-0.15, -0.1) is 0 Å². The quantitative estimate of drug-likeness (QED) is 0.810. The van der Waals surface area contributed by atoms with Crippen LogP contribution in [0.4, 0.5) is 10.5 Å². The summed E-state index contributed by atoms with van der Waals surface area (Å²) >= 11 is 0. The van der Waals surface area contributed by atoms with Crippen molar-refractivity contribution < 1.29 is 9.90 Å². The number of aliphatic hydroxyl groups is 1. The van der Waals surface area contributed by atoms with Crippen LogP contribution in [0.5, 0.6) is 0 Å². The molecule has 1 heterocycles. The van der Waals surface area contributed by atoms with Crippen molar-refractivity contribution in [3.8, 4) is 0 Å². The summed E-state index contributed by atoms with van der Waals surface area (Å²) in [4.78, 5) is 11.9. The molecule has 0 aliphatic heterocycles. The first-order valence-electron chi connectivity index (χ1n) is 7.88. The number of benzene rings is 1. The largest absolute Gasteiger partial charge is 0.391 e. The van der Waals surface area contributed by atoms with Gasteiger partial charge in [-0.1, -0.05) is 20.8 Å². The third-order valence-corrected chi connectivity index (χ3v) is 3.76. The van der Waals surface area contributed by atoms with E-state index in [1.54, 1.807) is 0 Å². The van der Waals surface area contributed by atoms with Crippen molar-refractivity contribution >= 4 is 22.6 Å². The molecule has 23 heavy (non-hydrogen) atoms. The number of urea groups is 1. The zero-order valence-electron chi connectivity index (χ0n) is 14.4. The molecule has 2 aromatic rings. The van der Waals surface area contributed by atoms with E-state index in [1.807, 2.05) is 49.8 Å². The Balaban J connectivity index is 1.99. The second kappa shape index (κ2) is 6.58. The number of anilines is 1. The molecule has 3 N–H and O–H groups in total. The third-order valence-electron chi connectivity index (χ3n) is 3.76. The first kappa shape index (κ1) is 17.3. The molecule has 1 aromatic carbocycles. The van der Waals surface area contributed by atoms with Gasteiger partial charge in [-0.3, -0.25) is 4.68 Å². The van der Waals surface area contributed by atoms with Gasteiger partial charge in [-0.2, -0.15) is 5.10 Å². The molecule has 6 heteroatoms. The fraction of sp³-hybridized carbons (Fsp3) is 0.529. The van der Waals surface area contributed by atoms with Crippen molar-refractivity contribution in [2.45, 2.75) is 46.8 Å². The number of carbonyl (C=O) groups is 1. The molecule has 0 bridgehead atoms. The van der Waals surface area contributed by atoms with Gasteiger partial charge in [0.1, 0.15) is 0 Å². The second-order valence-electron chi connectivity index (χ2n) is 7.19. The normalized spacial score (nSPS) is 13.3. The Bertz CT molecular complexity index is 685. The Kier molecular flexibility index (Phi) is 4.94. The number of nitrogens with one attached hydrogen (secondary N) is 2. The lowest BCUT2D eigenvalue weighted by atomic mass is 9.89. The van der Waals surface area contributed by atoms with Crippen molar-refractivity contribution in [2.24, 2.45) is 5.41 Å². The molecule has 0 fully saturated rings. The number of aliphatic hydroxyl groups excluding tert-OH is 1. The lowest BCUT2D eigenvalue weighted by Crippen LogP contribution is -2.40. The van der Waals surface area contributed by atoms with Crippen LogP contribution in [0.25, 0.3) is 10.9 Å². The molecule has 0 aliphatic rings. The SMILES string of the molecule is CC(C)n1cc2cc(NC(=O)NCC(O)C(C)(C)C)ccc2n1. The van der Waals surface area contributed by atoms with Gasteiger partial charge in [0.25, 0.3) is 0 Å². The molecule has 0 aliphatic carbocycles. The molecule has 6 nitrogen and oxygen atoms in total. The minimum Gasteiger partial charge on any atom is -0.391 e. The first-order valence-corrected chi connectivity index (χ1v) is 7.88. The third kappa shape index (κ3) is 4.45. The number of hydrogen-bond acceptors (Lipinski definition) is 3. The molecule has 126 valence electrons. The van der Waals surface area contributed by atoms with Gasteiger partial charge < -0.3 is 15.7 Å². The van der Waals surface area contributed by atoms with E-state index in [4.69, 9.17) is 0 Å². The van der Waals surface area contributed by atoms with Crippen LogP contribution >= 0.6 is 0 Å². The predicted molar refractivity (Wildman–Crippen MR) is 92.6 cm³/mol. The molecule has 1 unspecified atom stereocenters. The van der Waals surface area contributed by atoms with E-state index in [9.17, 15) is 9.90 Å². The highest BCUT2D eigenvalue weighted by Gasteiger charge is 2.22. The summed E-state index contributed by atoms with van der Waals surface area (Å²) in [6, 6.07) is 5.55. The monoisotopic (exact) mass is 318 g/mol. The van der Waals surface area contributed by atoms with Crippen molar-refractivity contribution in [2.75, 3.05) is 11.9 Å². The summed E-state index contributed by atoms with van der Waals surface area (Å²) in [7, 11) is 0. The maximum absolute atomic E-state index is 11.9. The number of hydrogen-bond donors (Lipinski definition) is 3. The molecule has 2 amide bonds. The predicted octanol–water partition coefficient (Wildman–Crippen LogP) is 3.15. The second-order valence-corrected chi connectivity index (χ2v) is 7.19. The molecular formula is C17H26N4O2. The maximum Gasteiger partial charge on any atom is 0.319 e. The molecule has 0 saturated carbocycles. The fourth-order valence-electron chi connectivity index (χ4n) is 2.06. The number of aromatic nitrogens is 2. The summed E-state index contributed by atoms with van der Waals surface area (Å²) in [5, 5.41) is 20.9. The summed E-state index contributed by atoms with van der Waals surface area (Å²) in [5.74, 6) is 0. The highest BCUT2D eigenvalue weighted by molar-refractivity contribution is 5.92. The van der Waals surface area contributed by atoms with Crippen LogP contribution in [0.2, 0.25) is 0 Å². The topological polar surface area (TPSA) is 79.2 Å². The zero-order valence-corrected chi connectivity index (χ0v) is 14.4. The van der Waals surface area contributed by atoms with E-state index >= 15 is 0 Å². The summed E-state index contributed by atoms with van der Waals surface area (Å²) in [6.45, 7) is 10.1. The van der Waals surface area contributed by atoms with Crippen molar-refractivity contribution in [1.82, 2.24) is 15.1 Å². The molecular weight excluding hydrogens is 292 g/mol. The minimum absolute atomic E-state index is 0.211. The van der Waals surface area contributed by atoms with Crippen LogP contribution in [-0.2, 0) is 0 Å².